The van der Waals surface area contributed by atoms with E-state index in [-0.39, 0.29) is 0 Å². The highest BCUT2D eigenvalue weighted by Crippen LogP contribution is 2.36. The summed E-state index contributed by atoms with van der Waals surface area (Å²) < 4.78 is 4.54. The molecule has 0 saturated heterocycles. The highest BCUT2D eigenvalue weighted by Gasteiger charge is 2.25. The van der Waals surface area contributed by atoms with Gasteiger partial charge in [0.15, 0.2) is 0 Å². The largest absolute Gasteiger partial charge is 0.355 e. The third-order valence-electron chi connectivity index (χ3n) is 3.47. The highest BCUT2D eigenvalue weighted by atomic mass is 32.1. The zero-order chi connectivity index (χ0) is 14.3. The van der Waals surface area contributed by atoms with Crippen LogP contribution >= 0.6 is 11.3 Å². The molecule has 0 spiro atoms. The summed E-state index contributed by atoms with van der Waals surface area (Å²) in [6.45, 7) is 1.86. The summed E-state index contributed by atoms with van der Waals surface area (Å²) in [6, 6.07) is 0. The summed E-state index contributed by atoms with van der Waals surface area (Å²) in [5.41, 5.74) is 2.74. The minimum absolute atomic E-state index is 0.822. The smallest absolute Gasteiger partial charge is 0.219 e. The van der Waals surface area contributed by atoms with Crippen LogP contribution in [0.15, 0.2) is 15.4 Å². The molecule has 7 nitrogen and oxygen atoms in total. The van der Waals surface area contributed by atoms with Crippen molar-refractivity contribution >= 4 is 34.3 Å². The van der Waals surface area contributed by atoms with Gasteiger partial charge in [0.2, 0.25) is 11.6 Å². The van der Waals surface area contributed by atoms with E-state index in [9.17, 15) is 0 Å². The van der Waals surface area contributed by atoms with Crippen molar-refractivity contribution in [2.24, 2.45) is 0 Å². The first-order chi connectivity index (χ1) is 9.58. The number of rotatable bonds is 0. The van der Waals surface area contributed by atoms with E-state index in [1.54, 1.807) is 11.3 Å². The van der Waals surface area contributed by atoms with Crippen LogP contribution in [0.1, 0.15) is 0 Å². The summed E-state index contributed by atoms with van der Waals surface area (Å²) in [5, 5.41) is 11.8. The molecular weight excluding hydrogens is 276 g/mol. The molecule has 4 heterocycles. The molecule has 0 saturated carbocycles. The Hall–Kier alpha value is -1.96. The molecule has 2 aromatic heterocycles. The van der Waals surface area contributed by atoms with Gasteiger partial charge in [0.05, 0.1) is 24.7 Å². The number of hydrogen-bond acceptors (Lipinski definition) is 8. The monoisotopic (exact) mass is 294 g/mol. The van der Waals surface area contributed by atoms with E-state index in [0.717, 1.165) is 25.0 Å². The van der Waals surface area contributed by atoms with Crippen molar-refractivity contribution in [2.45, 2.75) is 0 Å². The molecule has 0 radical (unpaired) electrons. The number of thiophene rings is 1. The molecule has 0 N–H and O–H groups in total. The van der Waals surface area contributed by atoms with E-state index < -0.39 is 0 Å². The zero-order valence-electron chi connectivity index (χ0n) is 12.1. The Bertz CT molecular complexity index is 499. The fourth-order valence-electron chi connectivity index (χ4n) is 2.44. The molecule has 2 aromatic rings. The quantitative estimate of drug-likeness (QED) is 0.730. The molecule has 0 fully saturated rings. The Morgan fingerprint density at radius 1 is 0.850 bits per heavy atom. The third-order valence-corrected chi connectivity index (χ3v) is 4.19. The molecule has 0 aliphatic carbocycles. The first kappa shape index (κ1) is 13.0. The molecule has 8 heteroatoms. The molecule has 4 rings (SSSR count). The summed E-state index contributed by atoms with van der Waals surface area (Å²) in [6.07, 6.45) is 0. The van der Waals surface area contributed by atoms with Gasteiger partial charge in [0, 0.05) is 39.0 Å². The van der Waals surface area contributed by atoms with Gasteiger partial charge < -0.3 is 19.6 Å². The Morgan fingerprint density at radius 3 is 1.80 bits per heavy atom. The van der Waals surface area contributed by atoms with Gasteiger partial charge >= 0.3 is 0 Å². The van der Waals surface area contributed by atoms with Gasteiger partial charge in [-0.05, 0) is 10.3 Å². The van der Waals surface area contributed by atoms with E-state index in [4.69, 9.17) is 0 Å². The van der Waals surface area contributed by atoms with Crippen molar-refractivity contribution in [1.29, 1.82) is 0 Å². The van der Waals surface area contributed by atoms with Crippen molar-refractivity contribution in [3.8, 4) is 0 Å². The average Bonchev–Trinajstić information content (AvgIpc) is 3.13. The van der Waals surface area contributed by atoms with Gasteiger partial charge in [0.1, 0.15) is 0 Å². The van der Waals surface area contributed by atoms with E-state index in [1.807, 2.05) is 23.9 Å². The van der Waals surface area contributed by atoms with Gasteiger partial charge in [-0.3, -0.25) is 0 Å². The Morgan fingerprint density at radius 2 is 1.30 bits per heavy atom. The minimum Gasteiger partial charge on any atom is -0.355 e. The fraction of sp³-hybridized carbons (Fsp3) is 0.500. The van der Waals surface area contributed by atoms with Gasteiger partial charge in [-0.15, -0.1) is 11.3 Å². The maximum atomic E-state index is 4.54. The second-order valence-electron chi connectivity index (χ2n) is 5.13. The summed E-state index contributed by atoms with van der Waals surface area (Å²) in [4.78, 5) is 8.47. The molecule has 0 aromatic carbocycles. The van der Waals surface area contributed by atoms with E-state index in [2.05, 4.69) is 49.6 Å². The van der Waals surface area contributed by atoms with Crippen molar-refractivity contribution in [3.05, 3.63) is 10.8 Å². The minimum atomic E-state index is 0.822. The Labute approximate surface area is 121 Å². The number of hydrogen-bond donors (Lipinski definition) is 0. The SMILES string of the molecule is CN1CN(C)c2cscc21.CN1CN(C)c2nonc21. The highest BCUT2D eigenvalue weighted by molar-refractivity contribution is 7.09. The van der Waals surface area contributed by atoms with Crippen LogP contribution in [0, 0.1) is 0 Å². The third kappa shape index (κ3) is 2.05. The topological polar surface area (TPSA) is 51.9 Å². The van der Waals surface area contributed by atoms with Gasteiger partial charge in [-0.2, -0.15) is 0 Å². The summed E-state index contributed by atoms with van der Waals surface area (Å²) in [5.74, 6) is 1.64. The van der Waals surface area contributed by atoms with Gasteiger partial charge in [-0.1, -0.05) is 0 Å². The molecule has 0 amide bonds. The molecular formula is C12H18N6OS. The molecule has 0 bridgehead atoms. The van der Waals surface area contributed by atoms with Crippen molar-refractivity contribution in [3.63, 3.8) is 0 Å². The van der Waals surface area contributed by atoms with E-state index in [0.29, 0.717) is 0 Å². The molecule has 2 aliphatic rings. The number of fused-ring (bicyclic) bond motifs is 2. The normalized spacial score (nSPS) is 16.2. The average molecular weight is 294 g/mol. The Balaban J connectivity index is 0.000000121. The molecule has 2 aliphatic heterocycles. The maximum absolute atomic E-state index is 4.54. The standard InChI is InChI=1S/C7H10N2S.C5H8N4O/c1-8-5-9(2)7-4-10-3-6(7)8;1-8-3-9(2)5-4(8)6-10-7-5/h3-4H,5H2,1-2H3;3H2,1-2H3. The van der Waals surface area contributed by atoms with Gasteiger partial charge in [0.25, 0.3) is 0 Å². The predicted octanol–water partition coefficient (Wildman–Crippen LogP) is 1.50. The molecule has 108 valence electrons. The molecule has 0 atom stereocenters. The van der Waals surface area contributed by atoms with Crippen LogP contribution in [-0.2, 0) is 0 Å². The van der Waals surface area contributed by atoms with Crippen LogP contribution in [-0.4, -0.2) is 51.8 Å². The van der Waals surface area contributed by atoms with Crippen molar-refractivity contribution in [2.75, 3.05) is 61.1 Å². The molecule has 0 unspecified atom stereocenters. The number of aromatic nitrogens is 2. The van der Waals surface area contributed by atoms with Gasteiger partial charge in [-0.25, -0.2) is 4.63 Å². The summed E-state index contributed by atoms with van der Waals surface area (Å²) in [7, 11) is 8.14. The fourth-order valence-corrected chi connectivity index (χ4v) is 3.36. The lowest BCUT2D eigenvalue weighted by atomic mass is 10.4. The summed E-state index contributed by atoms with van der Waals surface area (Å²) >= 11 is 1.77. The zero-order valence-corrected chi connectivity index (χ0v) is 12.9. The Kier molecular flexibility index (Phi) is 3.17. The van der Waals surface area contributed by atoms with Crippen molar-refractivity contribution in [1.82, 2.24) is 10.3 Å². The first-order valence-electron chi connectivity index (χ1n) is 6.31. The maximum Gasteiger partial charge on any atom is 0.219 e. The lowest BCUT2D eigenvalue weighted by Crippen LogP contribution is -2.24. The number of anilines is 4. The second-order valence-corrected chi connectivity index (χ2v) is 5.87. The second kappa shape index (κ2) is 4.86. The van der Waals surface area contributed by atoms with Crippen molar-refractivity contribution < 1.29 is 4.63 Å². The van der Waals surface area contributed by atoms with Crippen LogP contribution in [0.3, 0.4) is 0 Å². The van der Waals surface area contributed by atoms with E-state index in [1.165, 1.54) is 11.4 Å². The number of nitrogens with zero attached hydrogens (tertiary/aromatic N) is 6. The lowest BCUT2D eigenvalue weighted by Gasteiger charge is -2.12. The predicted molar refractivity (Wildman–Crippen MR) is 82.0 cm³/mol. The van der Waals surface area contributed by atoms with Crippen LogP contribution in [0.5, 0.6) is 0 Å². The van der Waals surface area contributed by atoms with Crippen LogP contribution in [0.25, 0.3) is 0 Å². The lowest BCUT2D eigenvalue weighted by molar-refractivity contribution is 0.306. The van der Waals surface area contributed by atoms with E-state index >= 15 is 0 Å². The van der Waals surface area contributed by atoms with Crippen LogP contribution < -0.4 is 19.6 Å². The van der Waals surface area contributed by atoms with Crippen LogP contribution in [0.4, 0.5) is 23.0 Å². The molecule has 20 heavy (non-hydrogen) atoms. The first-order valence-corrected chi connectivity index (χ1v) is 7.25. The van der Waals surface area contributed by atoms with Crippen LogP contribution in [0.2, 0.25) is 0 Å².